The van der Waals surface area contributed by atoms with Crippen LogP contribution in [0.4, 0.5) is 0 Å². The summed E-state index contributed by atoms with van der Waals surface area (Å²) in [6.07, 6.45) is 0.320. The maximum atomic E-state index is 11.8. The highest BCUT2D eigenvalue weighted by Crippen LogP contribution is 2.34. The van der Waals surface area contributed by atoms with Gasteiger partial charge in [-0.25, -0.2) is 0 Å². The number of ether oxygens (including phenoxy) is 1. The number of rotatable bonds is 5. The summed E-state index contributed by atoms with van der Waals surface area (Å²) < 4.78 is 7.11. The van der Waals surface area contributed by atoms with Crippen LogP contribution in [0, 0.1) is 18.3 Å². The van der Waals surface area contributed by atoms with Gasteiger partial charge in [-0.1, -0.05) is 0 Å². The van der Waals surface area contributed by atoms with Gasteiger partial charge in [0.15, 0.2) is 6.61 Å². The van der Waals surface area contributed by atoms with Crippen LogP contribution in [0.25, 0.3) is 0 Å². The summed E-state index contributed by atoms with van der Waals surface area (Å²) in [6, 6.07) is 5.84. The fourth-order valence-electron chi connectivity index (χ4n) is 1.41. The highest BCUT2D eigenvalue weighted by Gasteiger charge is 2.12. The van der Waals surface area contributed by atoms with Gasteiger partial charge in [-0.3, -0.25) is 4.79 Å². The summed E-state index contributed by atoms with van der Waals surface area (Å²) >= 11 is 6.81. The predicted octanol–water partition coefficient (Wildman–Crippen LogP) is 3.27. The highest BCUT2D eigenvalue weighted by atomic mass is 79.9. The Labute approximate surface area is 129 Å². The first-order valence-electron chi connectivity index (χ1n) is 5.65. The lowest BCUT2D eigenvalue weighted by Crippen LogP contribution is -2.32. The Morgan fingerprint density at radius 1 is 1.42 bits per heavy atom. The first-order chi connectivity index (χ1) is 8.95. The monoisotopic (exact) mass is 388 g/mol. The maximum Gasteiger partial charge on any atom is 0.260 e. The number of benzene rings is 1. The topological polar surface area (TPSA) is 53.3 Å². The summed E-state index contributed by atoms with van der Waals surface area (Å²) in [7, 11) is 1.66. The smallest absolute Gasteiger partial charge is 0.260 e. The molecule has 1 rings (SSSR count). The number of likely N-dealkylation sites (N-methyl/N-ethyl adjacent to an activating group) is 1. The number of aryl methyl sites for hydroxylation is 1. The number of nitriles is 1. The van der Waals surface area contributed by atoms with Gasteiger partial charge in [-0.15, -0.1) is 0 Å². The molecule has 0 aromatic heterocycles. The van der Waals surface area contributed by atoms with E-state index in [1.165, 1.54) is 4.90 Å². The van der Waals surface area contributed by atoms with E-state index in [0.717, 1.165) is 14.5 Å². The van der Waals surface area contributed by atoms with Crippen molar-refractivity contribution in [3.8, 4) is 11.8 Å². The van der Waals surface area contributed by atoms with E-state index in [2.05, 4.69) is 31.9 Å². The number of nitrogens with zero attached hydrogens (tertiary/aromatic N) is 2. The average molecular weight is 390 g/mol. The van der Waals surface area contributed by atoms with Crippen LogP contribution in [0.3, 0.4) is 0 Å². The van der Waals surface area contributed by atoms with Crippen LogP contribution in [0.5, 0.6) is 5.75 Å². The van der Waals surface area contributed by atoms with Gasteiger partial charge in [0.1, 0.15) is 5.75 Å². The zero-order chi connectivity index (χ0) is 14.4. The SMILES string of the molecule is Cc1cc(Br)c(OCC(=O)N(C)CCC#N)c(Br)c1. The molecule has 0 aliphatic heterocycles. The Hall–Kier alpha value is -1.06. The first kappa shape index (κ1) is 16.0. The highest BCUT2D eigenvalue weighted by molar-refractivity contribution is 9.11. The zero-order valence-electron chi connectivity index (χ0n) is 10.7. The third-order valence-corrected chi connectivity index (χ3v) is 3.65. The molecule has 1 aromatic carbocycles. The summed E-state index contributed by atoms with van der Waals surface area (Å²) in [5, 5.41) is 8.47. The predicted molar refractivity (Wildman–Crippen MR) is 79.9 cm³/mol. The lowest BCUT2D eigenvalue weighted by Gasteiger charge is -2.17. The number of carbonyl (C=O) groups is 1. The Morgan fingerprint density at radius 3 is 2.53 bits per heavy atom. The Morgan fingerprint density at radius 2 is 2.00 bits per heavy atom. The van der Waals surface area contributed by atoms with Crippen LogP contribution in [0.1, 0.15) is 12.0 Å². The van der Waals surface area contributed by atoms with Crippen molar-refractivity contribution in [3.63, 3.8) is 0 Å². The molecule has 0 aliphatic rings. The second-order valence-corrected chi connectivity index (χ2v) is 5.78. The van der Waals surface area contributed by atoms with Gasteiger partial charge in [-0.05, 0) is 56.5 Å². The van der Waals surface area contributed by atoms with Crippen LogP contribution < -0.4 is 4.74 Å². The van der Waals surface area contributed by atoms with E-state index in [-0.39, 0.29) is 12.5 Å². The summed E-state index contributed by atoms with van der Waals surface area (Å²) in [5.74, 6) is 0.447. The second-order valence-electron chi connectivity index (χ2n) is 4.07. The standard InChI is InChI=1S/C13H14Br2N2O2/c1-9-6-10(14)13(11(15)7-9)19-8-12(18)17(2)5-3-4-16/h6-7H,3,5,8H2,1-2H3. The van der Waals surface area contributed by atoms with Gasteiger partial charge in [-0.2, -0.15) is 5.26 Å². The van der Waals surface area contributed by atoms with Gasteiger partial charge in [0, 0.05) is 13.6 Å². The van der Waals surface area contributed by atoms with Crippen molar-refractivity contribution in [2.45, 2.75) is 13.3 Å². The van der Waals surface area contributed by atoms with Gasteiger partial charge < -0.3 is 9.64 Å². The third kappa shape index (κ3) is 4.84. The average Bonchev–Trinajstić information content (AvgIpc) is 2.34. The molecular formula is C13H14Br2N2O2. The fourth-order valence-corrected chi connectivity index (χ4v) is 3.06. The van der Waals surface area contributed by atoms with Crippen molar-refractivity contribution in [3.05, 3.63) is 26.6 Å². The zero-order valence-corrected chi connectivity index (χ0v) is 13.9. The summed E-state index contributed by atoms with van der Waals surface area (Å²) in [6.45, 7) is 2.33. The molecule has 1 aromatic rings. The van der Waals surface area contributed by atoms with Crippen LogP contribution in [0.2, 0.25) is 0 Å². The van der Waals surface area contributed by atoms with E-state index >= 15 is 0 Å². The Balaban J connectivity index is 2.63. The second kappa shape index (κ2) is 7.51. The maximum absolute atomic E-state index is 11.8. The molecule has 6 heteroatoms. The van der Waals surface area contributed by atoms with Crippen molar-refractivity contribution < 1.29 is 9.53 Å². The molecule has 4 nitrogen and oxygen atoms in total. The molecule has 0 aliphatic carbocycles. The number of carbonyl (C=O) groups excluding carboxylic acids is 1. The van der Waals surface area contributed by atoms with Crippen molar-refractivity contribution >= 4 is 37.8 Å². The van der Waals surface area contributed by atoms with E-state index in [4.69, 9.17) is 10.00 Å². The van der Waals surface area contributed by atoms with Gasteiger partial charge in [0.25, 0.3) is 5.91 Å². The minimum atomic E-state index is -0.158. The summed E-state index contributed by atoms with van der Waals surface area (Å²) in [5.41, 5.74) is 1.09. The van der Waals surface area contributed by atoms with Crippen LogP contribution >= 0.6 is 31.9 Å². The number of amides is 1. The molecule has 0 bridgehead atoms. The van der Waals surface area contributed by atoms with Gasteiger partial charge in [0.2, 0.25) is 0 Å². The quantitative estimate of drug-likeness (QED) is 0.776. The van der Waals surface area contributed by atoms with E-state index < -0.39 is 0 Å². The van der Waals surface area contributed by atoms with Crippen LogP contribution in [-0.2, 0) is 4.79 Å². The lowest BCUT2D eigenvalue weighted by molar-refractivity contribution is -0.132. The molecule has 0 spiro atoms. The van der Waals surface area contributed by atoms with E-state index in [1.54, 1.807) is 7.05 Å². The van der Waals surface area contributed by atoms with Crippen molar-refractivity contribution in [2.24, 2.45) is 0 Å². The molecule has 1 amide bonds. The molecule has 0 fully saturated rings. The normalized spacial score (nSPS) is 9.84. The number of halogens is 2. The van der Waals surface area contributed by atoms with Gasteiger partial charge in [0.05, 0.1) is 21.4 Å². The molecule has 19 heavy (non-hydrogen) atoms. The molecular weight excluding hydrogens is 376 g/mol. The van der Waals surface area contributed by atoms with Crippen molar-refractivity contribution in [2.75, 3.05) is 20.2 Å². The van der Waals surface area contributed by atoms with E-state index in [9.17, 15) is 4.79 Å². The Bertz CT molecular complexity index is 489. The number of hydrogen-bond acceptors (Lipinski definition) is 3. The number of hydrogen-bond donors (Lipinski definition) is 0. The molecule has 0 N–H and O–H groups in total. The van der Waals surface area contributed by atoms with Crippen molar-refractivity contribution in [1.82, 2.24) is 4.90 Å². The first-order valence-corrected chi connectivity index (χ1v) is 7.23. The fraction of sp³-hybridized carbons (Fsp3) is 0.385. The van der Waals surface area contributed by atoms with E-state index in [1.807, 2.05) is 25.1 Å². The van der Waals surface area contributed by atoms with E-state index in [0.29, 0.717) is 18.7 Å². The Kier molecular flexibility index (Phi) is 6.32. The molecule has 102 valence electrons. The minimum Gasteiger partial charge on any atom is -0.481 e. The lowest BCUT2D eigenvalue weighted by atomic mass is 10.2. The third-order valence-electron chi connectivity index (χ3n) is 2.47. The van der Waals surface area contributed by atoms with Crippen LogP contribution in [-0.4, -0.2) is 31.0 Å². The largest absolute Gasteiger partial charge is 0.481 e. The van der Waals surface area contributed by atoms with Crippen LogP contribution in [0.15, 0.2) is 21.1 Å². The molecule has 0 heterocycles. The van der Waals surface area contributed by atoms with Gasteiger partial charge >= 0.3 is 0 Å². The summed E-state index contributed by atoms with van der Waals surface area (Å²) in [4.78, 5) is 13.3. The molecule has 0 atom stereocenters. The molecule has 0 saturated carbocycles. The molecule has 0 unspecified atom stereocenters. The van der Waals surface area contributed by atoms with Crippen molar-refractivity contribution in [1.29, 1.82) is 5.26 Å². The molecule has 0 saturated heterocycles. The minimum absolute atomic E-state index is 0.0534. The molecule has 0 radical (unpaired) electrons.